The van der Waals surface area contributed by atoms with Crippen molar-refractivity contribution >= 4 is 145 Å². The molecule has 0 saturated heterocycles. The molecule has 2 aliphatic heterocycles. The monoisotopic (exact) mass is 1360 g/mol. The molecule has 1 aliphatic carbocycles. The fourth-order valence-electron chi connectivity index (χ4n) is 10.2. The Labute approximate surface area is 553 Å². The van der Waals surface area contributed by atoms with E-state index < -0.39 is 38.5 Å². The summed E-state index contributed by atoms with van der Waals surface area (Å²) in [5, 5.41) is 12.9. The number of hydrogen-bond donors (Lipinski definition) is 4. The zero-order valence-electron chi connectivity index (χ0n) is 51.8. The quantitative estimate of drug-likeness (QED) is 0.0463. The van der Waals surface area contributed by atoms with E-state index in [-0.39, 0.29) is 6.61 Å². The van der Waals surface area contributed by atoms with Crippen LogP contribution in [0.5, 0.6) is 0 Å². The number of carbonyl (C=O) groups is 1. The average Bonchev–Trinajstić information content (AvgIpc) is 1.67. The first-order chi connectivity index (χ1) is 44.0. The molecule has 1 aromatic carbocycles. The fourth-order valence-corrected chi connectivity index (χ4v) is 17.5. The van der Waals surface area contributed by atoms with Crippen LogP contribution in [-0.4, -0.2) is 109 Å². The number of fused-ring (bicyclic) bond motifs is 3. The van der Waals surface area contributed by atoms with Crippen LogP contribution in [-0.2, 0) is 50.2 Å². The molecule has 3 unspecified atom stereocenters. The second kappa shape index (κ2) is 30.9. The van der Waals surface area contributed by atoms with Crippen LogP contribution in [0.25, 0.3) is 81.4 Å². The SMILES string of the molecule is CCCCS(=O)C1=C(N)c2c(C3=CN=C(C)C3)cc(-c3nccs3)nc2C1.CCCCS(=O)c1oc2nc(-c3nccs3)cc(C3=CN=C(C)C3)c2c1N.CCCCS(=O)c1sc2nc(-c3nccs3)cc(-c3ccc(COC(=O)NCCN(C)C)cc3)c2c1N. The number of anilines is 2. The first kappa shape index (κ1) is 66.6. The van der Waals surface area contributed by atoms with Crippen LogP contribution in [0.15, 0.2) is 118 Å². The summed E-state index contributed by atoms with van der Waals surface area (Å²) in [7, 11) is 0.385. The molecule has 0 saturated carbocycles. The van der Waals surface area contributed by atoms with Crippen molar-refractivity contribution in [2.75, 3.05) is 55.9 Å². The van der Waals surface area contributed by atoms with Gasteiger partial charge in [-0.1, -0.05) is 64.3 Å². The number of unbranched alkanes of at least 4 members (excludes halogenated alkanes) is 3. The summed E-state index contributed by atoms with van der Waals surface area (Å²) in [6.45, 7) is 11.7. The van der Waals surface area contributed by atoms with E-state index in [0.717, 1.165) is 167 Å². The Morgan fingerprint density at radius 1 is 0.670 bits per heavy atom. The predicted octanol–water partition coefficient (Wildman–Crippen LogP) is 14.2. The van der Waals surface area contributed by atoms with E-state index >= 15 is 0 Å². The number of aliphatic imine (C=N–C) groups is 2. The highest BCUT2D eigenvalue weighted by Gasteiger charge is 2.31. The maximum atomic E-state index is 13.0. The van der Waals surface area contributed by atoms with Gasteiger partial charge in [0.1, 0.15) is 42.1 Å². The summed E-state index contributed by atoms with van der Waals surface area (Å²) >= 11 is 5.99. The van der Waals surface area contributed by atoms with Gasteiger partial charge in [0.15, 0.2) is 0 Å². The highest BCUT2D eigenvalue weighted by Crippen LogP contribution is 2.45. The molecule has 19 nitrogen and oxygen atoms in total. The number of thiophene rings is 1. The predicted molar refractivity (Wildman–Crippen MR) is 379 cm³/mol. The topological polar surface area (TPSA) is 286 Å². The van der Waals surface area contributed by atoms with Crippen molar-refractivity contribution in [2.24, 2.45) is 15.7 Å². The Hall–Kier alpha value is -7.30. The molecule has 3 atom stereocenters. The summed E-state index contributed by atoms with van der Waals surface area (Å²) in [6, 6.07) is 13.9. The maximum absolute atomic E-state index is 13.0. The standard InChI is InChI=1S/C26H31N5O3S3.C20H22N4OS2.C19H20N4O2S2/c1-4-5-14-37(33)25-22(27)21-19(15-20(30-24(21)36-25)23-28-11-13-35-23)18-8-6-17(7-9-18)16-34-26(32)29-10-12-31(2)3;1-3-4-7-27(25)17-10-15-18(19(17)21)14(13-8-12(2)23-11-13)9-16(24-15)20-22-5-6-26-20;1-3-4-7-27(24)19-16(20)15-13(12-8-11(2)22-10-12)9-14(23-17(15)25-19)18-21-5-6-26-18/h6-9,11,13,15H,4-5,10,12,14,16,27H2,1-3H3,(H,29,32);5-6,9,11H,3-4,7-8,10,21H2,1-2H3;5-6,9-10H,3-4,7-8,20H2,1-2H3. The van der Waals surface area contributed by atoms with Crippen molar-refractivity contribution < 1.29 is 26.6 Å². The molecule has 0 fully saturated rings. The molecule has 0 bridgehead atoms. The van der Waals surface area contributed by atoms with Crippen LogP contribution in [0, 0.1) is 0 Å². The highest BCUT2D eigenvalue weighted by molar-refractivity contribution is 7.89. The van der Waals surface area contributed by atoms with Gasteiger partial charge in [-0.25, -0.2) is 34.7 Å². The van der Waals surface area contributed by atoms with Crippen molar-refractivity contribution in [1.29, 1.82) is 0 Å². The minimum Gasteiger partial charge on any atom is -0.445 e. The van der Waals surface area contributed by atoms with E-state index in [9.17, 15) is 17.4 Å². The number of alkyl carbamates (subject to hydrolysis) is 1. The lowest BCUT2D eigenvalue weighted by atomic mass is 9.96. The first-order valence-corrected chi connectivity index (χ1v) is 37.4. The number of aromatic nitrogens is 6. The lowest BCUT2D eigenvalue weighted by Gasteiger charge is -2.12. The number of benzene rings is 1. The van der Waals surface area contributed by atoms with Crippen molar-refractivity contribution in [1.82, 2.24) is 40.1 Å². The minimum absolute atomic E-state index is 0.172. The van der Waals surface area contributed by atoms with Crippen LogP contribution in [0.1, 0.15) is 114 Å². The van der Waals surface area contributed by atoms with Gasteiger partial charge in [-0.2, -0.15) is 0 Å². The molecule has 91 heavy (non-hydrogen) atoms. The van der Waals surface area contributed by atoms with Gasteiger partial charge in [0.05, 0.1) is 66.2 Å². The second-order valence-corrected chi connectivity index (χ2v) is 30.6. The number of allylic oxidation sites excluding steroid dienone is 3. The van der Waals surface area contributed by atoms with E-state index in [0.29, 0.717) is 67.7 Å². The fraction of sp³-hybridized carbons (Fsp3) is 0.338. The summed E-state index contributed by atoms with van der Waals surface area (Å²) in [6.07, 6.45) is 16.3. The Balaban J connectivity index is 0.000000153. The van der Waals surface area contributed by atoms with E-state index in [1.807, 2.05) is 97.8 Å². The third kappa shape index (κ3) is 15.8. The van der Waals surface area contributed by atoms with Gasteiger partial charge in [-0.05, 0) is 104 Å². The van der Waals surface area contributed by atoms with Crippen LogP contribution in [0.2, 0.25) is 0 Å². The zero-order valence-corrected chi connectivity index (χ0v) is 57.5. The second-order valence-electron chi connectivity index (χ2n) is 22.1. The third-order valence-corrected chi connectivity index (χ3v) is 23.3. The maximum Gasteiger partial charge on any atom is 0.407 e. The molecular weight excluding hydrogens is 1280 g/mol. The van der Waals surface area contributed by atoms with Gasteiger partial charge in [-0.3, -0.25) is 22.6 Å². The number of thiazole rings is 3. The number of pyridine rings is 3. The largest absolute Gasteiger partial charge is 0.445 e. The molecule has 0 spiro atoms. The van der Waals surface area contributed by atoms with Gasteiger partial charge < -0.3 is 36.6 Å². The lowest BCUT2D eigenvalue weighted by Crippen LogP contribution is -2.31. The molecule has 9 aromatic rings. The Bertz CT molecular complexity index is 4320. The third-order valence-electron chi connectivity index (χ3n) is 14.9. The van der Waals surface area contributed by atoms with E-state index in [2.05, 4.69) is 62.1 Å². The first-order valence-electron chi connectivity index (χ1n) is 30.0. The molecule has 8 aromatic heterocycles. The van der Waals surface area contributed by atoms with E-state index in [1.54, 1.807) is 29.9 Å². The minimum atomic E-state index is -1.28. The smallest absolute Gasteiger partial charge is 0.407 e. The van der Waals surface area contributed by atoms with Crippen LogP contribution < -0.4 is 22.5 Å². The number of nitrogen functional groups attached to an aromatic ring is 2. The lowest BCUT2D eigenvalue weighted by molar-refractivity contribution is 0.139. The number of nitrogens with two attached hydrogens (primary N) is 3. The summed E-state index contributed by atoms with van der Waals surface area (Å²) in [5.74, 6) is 1.76. The Kier molecular flexibility index (Phi) is 22.6. The van der Waals surface area contributed by atoms with Gasteiger partial charge in [0.25, 0.3) is 0 Å². The average molecular weight is 1360 g/mol. The van der Waals surface area contributed by atoms with Gasteiger partial charge >= 0.3 is 6.09 Å². The molecule has 7 N–H and O–H groups in total. The van der Waals surface area contributed by atoms with Crippen molar-refractivity contribution in [3.05, 3.63) is 122 Å². The molecule has 26 heteroatoms. The van der Waals surface area contributed by atoms with Gasteiger partial charge in [0.2, 0.25) is 10.8 Å². The molecule has 1 amide bonds. The highest BCUT2D eigenvalue weighted by atomic mass is 32.2. The van der Waals surface area contributed by atoms with Crippen LogP contribution in [0.4, 0.5) is 16.2 Å². The number of nitrogens with zero attached hydrogens (tertiary/aromatic N) is 9. The summed E-state index contributed by atoms with van der Waals surface area (Å²) < 4.78 is 50.3. The van der Waals surface area contributed by atoms with E-state index in [1.165, 1.54) is 34.0 Å². The number of nitrogens with one attached hydrogen (secondary N) is 1. The number of carbonyl (C=O) groups excluding carboxylic acids is 1. The Morgan fingerprint density at radius 3 is 1.78 bits per heavy atom. The number of amides is 1. The van der Waals surface area contributed by atoms with Gasteiger partial charge in [-0.15, -0.1) is 45.3 Å². The number of rotatable bonds is 23. The summed E-state index contributed by atoms with van der Waals surface area (Å²) in [4.78, 5) is 51.8. The molecule has 476 valence electrons. The summed E-state index contributed by atoms with van der Waals surface area (Å²) in [5.41, 5.74) is 34.6. The van der Waals surface area contributed by atoms with Crippen LogP contribution in [0.3, 0.4) is 0 Å². The molecule has 12 rings (SSSR count). The van der Waals surface area contributed by atoms with Crippen molar-refractivity contribution in [2.45, 2.75) is 108 Å². The number of ether oxygens (including phenoxy) is 1. The number of furan rings is 1. The normalized spacial score (nSPS) is 14.5. The molecular formula is C65H73N13O6S7. The van der Waals surface area contributed by atoms with E-state index in [4.69, 9.17) is 36.3 Å². The van der Waals surface area contributed by atoms with Crippen molar-refractivity contribution in [3.8, 4) is 43.2 Å². The zero-order chi connectivity index (χ0) is 64.3. The molecule has 10 heterocycles. The molecule has 0 radical (unpaired) electrons. The van der Waals surface area contributed by atoms with Crippen LogP contribution >= 0.6 is 45.3 Å². The molecule has 3 aliphatic rings. The number of hydrogen-bond acceptors (Lipinski definition) is 22. The Morgan fingerprint density at radius 2 is 1.22 bits per heavy atom. The van der Waals surface area contributed by atoms with Crippen molar-refractivity contribution in [3.63, 3.8) is 0 Å². The number of likely N-dealkylation sites (N-methyl/N-ethyl adjacent to an activating group) is 1. The van der Waals surface area contributed by atoms with Gasteiger partial charge in [0, 0.05) is 124 Å².